The Morgan fingerprint density at radius 1 is 1.40 bits per heavy atom. The summed E-state index contributed by atoms with van der Waals surface area (Å²) in [5.41, 5.74) is 0. The van der Waals surface area contributed by atoms with Crippen LogP contribution in [0.25, 0.3) is 0 Å². The van der Waals surface area contributed by atoms with Crippen LogP contribution in [-0.4, -0.2) is 92.7 Å². The van der Waals surface area contributed by atoms with Crippen LogP contribution in [0.2, 0.25) is 0 Å². The summed E-state index contributed by atoms with van der Waals surface area (Å²) < 4.78 is 38.3. The number of hydrogen-bond donors (Lipinski definition) is 1. The van der Waals surface area contributed by atoms with Crippen LogP contribution >= 0.6 is 11.3 Å². The molecule has 1 atom stereocenters. The number of carbonyl (C=O) groups excluding carboxylic acids is 1. The monoisotopic (exact) mass is 447 g/mol. The van der Waals surface area contributed by atoms with Crippen molar-refractivity contribution in [1.29, 1.82) is 0 Å². The lowest BCUT2D eigenvalue weighted by atomic mass is 10.1. The van der Waals surface area contributed by atoms with Crippen molar-refractivity contribution in [2.45, 2.75) is 25.9 Å². The molecule has 1 N–H and O–H groups in total. The van der Waals surface area contributed by atoms with Crippen molar-refractivity contribution in [2.75, 3.05) is 59.9 Å². The lowest BCUT2D eigenvalue weighted by Crippen LogP contribution is -2.43. The number of nitrogens with one attached hydrogen (secondary N) is 1. The van der Waals surface area contributed by atoms with E-state index in [0.29, 0.717) is 32.1 Å². The highest BCUT2D eigenvalue weighted by Gasteiger charge is 2.33. The molecule has 1 amide bonds. The first kappa shape index (κ1) is 24.5. The van der Waals surface area contributed by atoms with E-state index in [9.17, 15) is 18.0 Å². The third-order valence-electron chi connectivity index (χ3n) is 5.05. The summed E-state index contributed by atoms with van der Waals surface area (Å²) in [5, 5.41) is 5.37. The van der Waals surface area contributed by atoms with Crippen LogP contribution in [0.3, 0.4) is 0 Å². The highest BCUT2D eigenvalue weighted by molar-refractivity contribution is 7.09. The molecule has 1 aromatic heterocycles. The number of alkyl halides is 3. The van der Waals surface area contributed by atoms with Crippen LogP contribution in [0.4, 0.5) is 13.2 Å². The second-order valence-electron chi connectivity index (χ2n) is 7.73. The van der Waals surface area contributed by atoms with Gasteiger partial charge in [-0.15, -0.1) is 11.3 Å². The number of nitrogens with zero attached hydrogens (tertiary/aromatic N) is 4. The number of likely N-dealkylation sites (N-methyl/N-ethyl adjacent to an activating group) is 1. The van der Waals surface area contributed by atoms with Crippen molar-refractivity contribution in [1.82, 2.24) is 20.0 Å². The number of aliphatic imine (C=N–C) groups is 1. The van der Waals surface area contributed by atoms with Gasteiger partial charge in [0.05, 0.1) is 6.54 Å². The lowest BCUT2D eigenvalue weighted by Gasteiger charge is -2.26. The first-order chi connectivity index (χ1) is 14.2. The van der Waals surface area contributed by atoms with Gasteiger partial charge in [0, 0.05) is 45.2 Å². The second kappa shape index (κ2) is 11.5. The summed E-state index contributed by atoms with van der Waals surface area (Å²) in [5.74, 6) is 0.704. The van der Waals surface area contributed by atoms with E-state index in [1.807, 2.05) is 11.4 Å². The number of guanidine groups is 1. The molecule has 2 heterocycles. The number of halogens is 3. The van der Waals surface area contributed by atoms with Crippen molar-refractivity contribution < 1.29 is 18.0 Å². The molecule has 0 saturated carbocycles. The van der Waals surface area contributed by atoms with Gasteiger partial charge in [0.15, 0.2) is 5.96 Å². The molecule has 1 unspecified atom stereocenters. The van der Waals surface area contributed by atoms with Gasteiger partial charge in [-0.1, -0.05) is 13.0 Å². The molecule has 0 aliphatic carbocycles. The zero-order valence-electron chi connectivity index (χ0n) is 17.9. The molecular formula is C20H32F3N5OS. The normalized spacial score (nSPS) is 17.6. The molecule has 1 aliphatic heterocycles. The molecule has 0 spiro atoms. The molecule has 1 saturated heterocycles. The second-order valence-corrected chi connectivity index (χ2v) is 8.76. The minimum atomic E-state index is -4.18. The van der Waals surface area contributed by atoms with Gasteiger partial charge in [-0.25, -0.2) is 4.99 Å². The van der Waals surface area contributed by atoms with Crippen LogP contribution < -0.4 is 5.32 Å². The molecule has 2 rings (SSSR count). The smallest absolute Gasteiger partial charge is 0.356 e. The number of rotatable bonds is 9. The Morgan fingerprint density at radius 2 is 2.17 bits per heavy atom. The standard InChI is InChI=1S/C20H32F3N5OS/c1-4-27(15-20(21,22)23)13-16-8-10-28(14-16)19(25-12-18(29)26(2)3)24-9-7-17-6-5-11-30-17/h5-6,11,16H,4,7-10,12-15H2,1-3H3,(H,24,25). The maximum atomic E-state index is 12.8. The average Bonchev–Trinajstić information content (AvgIpc) is 3.34. The van der Waals surface area contributed by atoms with Crippen molar-refractivity contribution in [3.8, 4) is 0 Å². The Labute approximate surface area is 180 Å². The molecule has 6 nitrogen and oxygen atoms in total. The molecule has 170 valence electrons. The fourth-order valence-electron chi connectivity index (χ4n) is 3.40. The van der Waals surface area contributed by atoms with Gasteiger partial charge in [0.25, 0.3) is 0 Å². The SMILES string of the molecule is CCN(CC1CCN(C(=NCC(=O)N(C)C)NCCc2cccs2)C1)CC(F)(F)F. The van der Waals surface area contributed by atoms with Gasteiger partial charge in [-0.3, -0.25) is 9.69 Å². The van der Waals surface area contributed by atoms with Crippen molar-refractivity contribution in [3.63, 3.8) is 0 Å². The van der Waals surface area contributed by atoms with Gasteiger partial charge in [0.2, 0.25) is 5.91 Å². The number of carbonyl (C=O) groups is 1. The van der Waals surface area contributed by atoms with E-state index in [1.165, 1.54) is 14.7 Å². The summed E-state index contributed by atoms with van der Waals surface area (Å²) in [6, 6.07) is 4.08. The first-order valence-electron chi connectivity index (χ1n) is 10.2. The predicted octanol–water partition coefficient (Wildman–Crippen LogP) is 2.53. The van der Waals surface area contributed by atoms with Crippen LogP contribution in [0.5, 0.6) is 0 Å². The van der Waals surface area contributed by atoms with E-state index in [2.05, 4.69) is 21.3 Å². The number of amides is 1. The first-order valence-corrected chi connectivity index (χ1v) is 11.1. The van der Waals surface area contributed by atoms with Crippen LogP contribution in [0, 0.1) is 5.92 Å². The molecule has 10 heteroatoms. The van der Waals surface area contributed by atoms with E-state index < -0.39 is 12.7 Å². The topological polar surface area (TPSA) is 51.2 Å². The molecule has 0 radical (unpaired) electrons. The highest BCUT2D eigenvalue weighted by Crippen LogP contribution is 2.21. The molecule has 1 aliphatic rings. The van der Waals surface area contributed by atoms with Crippen molar-refractivity contribution in [2.24, 2.45) is 10.9 Å². The van der Waals surface area contributed by atoms with Gasteiger partial charge in [0.1, 0.15) is 6.54 Å². The lowest BCUT2D eigenvalue weighted by molar-refractivity contribution is -0.146. The third kappa shape index (κ3) is 8.51. The van der Waals surface area contributed by atoms with Gasteiger partial charge >= 0.3 is 6.18 Å². The fraction of sp³-hybridized carbons (Fsp3) is 0.700. The van der Waals surface area contributed by atoms with E-state index >= 15 is 0 Å². The maximum Gasteiger partial charge on any atom is 0.401 e. The summed E-state index contributed by atoms with van der Waals surface area (Å²) in [4.78, 5) is 22.7. The number of thiophene rings is 1. The van der Waals surface area contributed by atoms with Crippen LogP contribution in [0.15, 0.2) is 22.5 Å². The zero-order valence-corrected chi connectivity index (χ0v) is 18.7. The molecule has 1 fully saturated rings. The van der Waals surface area contributed by atoms with Crippen LogP contribution in [-0.2, 0) is 11.2 Å². The largest absolute Gasteiger partial charge is 0.401 e. The minimum Gasteiger partial charge on any atom is -0.356 e. The number of hydrogen-bond acceptors (Lipinski definition) is 4. The minimum absolute atomic E-state index is 0.0463. The Bertz CT molecular complexity index is 678. The number of likely N-dealkylation sites (tertiary alicyclic amines) is 1. The Kier molecular flexibility index (Phi) is 9.41. The van der Waals surface area contributed by atoms with Gasteiger partial charge in [-0.05, 0) is 36.8 Å². The highest BCUT2D eigenvalue weighted by atomic mass is 32.1. The third-order valence-corrected chi connectivity index (χ3v) is 5.99. The molecule has 0 bridgehead atoms. The fourth-order valence-corrected chi connectivity index (χ4v) is 4.11. The zero-order chi connectivity index (χ0) is 22.1. The summed E-state index contributed by atoms with van der Waals surface area (Å²) in [6.07, 6.45) is -2.52. The quantitative estimate of drug-likeness (QED) is 0.467. The van der Waals surface area contributed by atoms with Crippen molar-refractivity contribution >= 4 is 23.2 Å². The Morgan fingerprint density at radius 3 is 2.77 bits per heavy atom. The predicted molar refractivity (Wildman–Crippen MR) is 115 cm³/mol. The van der Waals surface area contributed by atoms with Crippen LogP contribution in [0.1, 0.15) is 18.2 Å². The van der Waals surface area contributed by atoms with Crippen molar-refractivity contribution in [3.05, 3.63) is 22.4 Å². The Hall–Kier alpha value is -1.81. The maximum absolute atomic E-state index is 12.8. The molecule has 30 heavy (non-hydrogen) atoms. The summed E-state index contributed by atoms with van der Waals surface area (Å²) in [7, 11) is 3.38. The molecule has 0 aromatic carbocycles. The summed E-state index contributed by atoms with van der Waals surface area (Å²) >= 11 is 1.69. The van der Waals surface area contributed by atoms with E-state index in [0.717, 1.165) is 19.4 Å². The van der Waals surface area contributed by atoms with Gasteiger partial charge in [-0.2, -0.15) is 13.2 Å². The molecular weight excluding hydrogens is 415 g/mol. The molecule has 1 aromatic rings. The average molecular weight is 448 g/mol. The van der Waals surface area contributed by atoms with E-state index in [1.54, 1.807) is 32.4 Å². The summed E-state index contributed by atoms with van der Waals surface area (Å²) in [6.45, 7) is 3.74. The van der Waals surface area contributed by atoms with E-state index in [-0.39, 0.29) is 18.4 Å². The van der Waals surface area contributed by atoms with Gasteiger partial charge < -0.3 is 15.1 Å². The Balaban J connectivity index is 1.95. The van der Waals surface area contributed by atoms with E-state index in [4.69, 9.17) is 0 Å².